The number of nitrogens with one attached hydrogen (secondary N) is 1. The minimum absolute atomic E-state index is 0.0554. The molecular weight excluding hydrogens is 484 g/mol. The van der Waals surface area contributed by atoms with Gasteiger partial charge in [0.15, 0.2) is 0 Å². The summed E-state index contributed by atoms with van der Waals surface area (Å²) < 4.78 is 0. The van der Waals surface area contributed by atoms with E-state index >= 15 is 0 Å². The molecular formula is C29H30N4O5. The van der Waals surface area contributed by atoms with Gasteiger partial charge in [-0.05, 0) is 59.9 Å². The highest BCUT2D eigenvalue weighted by molar-refractivity contribution is 6.24. The monoisotopic (exact) mass is 514 g/mol. The molecule has 2 aromatic carbocycles. The number of aliphatic hydroxyl groups is 1. The van der Waals surface area contributed by atoms with Crippen molar-refractivity contribution in [1.82, 2.24) is 5.01 Å². The third-order valence-electron chi connectivity index (χ3n) is 8.95. The highest BCUT2D eigenvalue weighted by atomic mass is 16.6. The van der Waals surface area contributed by atoms with Crippen LogP contribution < -0.4 is 10.3 Å². The number of benzene rings is 2. The van der Waals surface area contributed by atoms with Crippen LogP contribution in [-0.4, -0.2) is 45.0 Å². The number of amides is 2. The zero-order valence-electron chi connectivity index (χ0n) is 21.2. The van der Waals surface area contributed by atoms with Crippen LogP contribution in [0.25, 0.3) is 0 Å². The molecule has 0 spiro atoms. The first-order valence-corrected chi connectivity index (χ1v) is 13.0. The van der Waals surface area contributed by atoms with Crippen LogP contribution in [0.3, 0.4) is 0 Å². The molecule has 196 valence electrons. The molecule has 7 rings (SSSR count). The van der Waals surface area contributed by atoms with Gasteiger partial charge in [0.2, 0.25) is 5.91 Å². The predicted molar refractivity (Wildman–Crippen MR) is 142 cm³/mol. The van der Waals surface area contributed by atoms with Crippen LogP contribution in [0.2, 0.25) is 0 Å². The largest absolute Gasteiger partial charge is 0.387 e. The number of carbonyl (C=O) groups excluding carboxylic acids is 2. The van der Waals surface area contributed by atoms with Gasteiger partial charge in [-0.1, -0.05) is 50.3 Å². The van der Waals surface area contributed by atoms with Gasteiger partial charge >= 0.3 is 0 Å². The van der Waals surface area contributed by atoms with E-state index in [1.54, 1.807) is 53.6 Å². The first-order valence-electron chi connectivity index (χ1n) is 13.0. The van der Waals surface area contributed by atoms with Crippen LogP contribution in [-0.2, 0) is 9.59 Å². The molecule has 2 aromatic rings. The molecule has 2 N–H and O–H groups in total. The Kier molecular flexibility index (Phi) is 5.73. The zero-order chi connectivity index (χ0) is 26.8. The van der Waals surface area contributed by atoms with E-state index in [0.29, 0.717) is 23.2 Å². The van der Waals surface area contributed by atoms with Gasteiger partial charge < -0.3 is 10.5 Å². The van der Waals surface area contributed by atoms with E-state index in [2.05, 4.69) is 25.3 Å². The number of nitro benzene ring substituents is 1. The molecule has 1 saturated carbocycles. The molecule has 9 nitrogen and oxygen atoms in total. The second-order valence-electron chi connectivity index (χ2n) is 11.3. The molecule has 2 aliphatic heterocycles. The van der Waals surface area contributed by atoms with Crippen LogP contribution in [0, 0.1) is 33.3 Å². The van der Waals surface area contributed by atoms with Crippen LogP contribution >= 0.6 is 0 Å². The van der Waals surface area contributed by atoms with E-state index in [1.807, 2.05) is 6.07 Å². The summed E-state index contributed by atoms with van der Waals surface area (Å²) in [5.74, 6) is -0.536. The molecule has 6 atom stereocenters. The first-order chi connectivity index (χ1) is 18.2. The fraction of sp³-hybridized carbons (Fsp3) is 0.379. The Morgan fingerprint density at radius 2 is 1.76 bits per heavy atom. The van der Waals surface area contributed by atoms with E-state index in [1.165, 1.54) is 17.0 Å². The summed E-state index contributed by atoms with van der Waals surface area (Å²) in [5.41, 5.74) is 5.35. The molecule has 9 heteroatoms. The summed E-state index contributed by atoms with van der Waals surface area (Å²) in [7, 11) is 0. The fourth-order valence-electron chi connectivity index (χ4n) is 6.44. The second kappa shape index (κ2) is 8.89. The number of imide groups is 1. The Bertz CT molecular complexity index is 1350. The normalized spacial score (nSPS) is 30.3. The number of nitrogens with zero attached hydrogens (tertiary/aromatic N) is 3. The molecule has 3 aliphatic carbocycles. The molecule has 2 fully saturated rings. The van der Waals surface area contributed by atoms with Crippen molar-refractivity contribution >= 4 is 28.9 Å². The number of fused-ring (bicyclic) bond motifs is 2. The number of non-ortho nitro benzene ring substituents is 1. The number of hydrazine groups is 1. The Labute approximate surface area is 220 Å². The number of rotatable bonds is 6. The third kappa shape index (κ3) is 3.76. The van der Waals surface area contributed by atoms with Crippen LogP contribution in [0.15, 0.2) is 78.4 Å². The molecule has 0 aromatic heterocycles. The molecule has 1 saturated heterocycles. The molecule has 38 heavy (non-hydrogen) atoms. The van der Waals surface area contributed by atoms with E-state index in [4.69, 9.17) is 0 Å². The number of carbonyl (C=O) groups is 2. The van der Waals surface area contributed by atoms with E-state index in [9.17, 15) is 24.8 Å². The smallest absolute Gasteiger partial charge is 0.269 e. The second-order valence-corrected chi connectivity index (χ2v) is 11.3. The average Bonchev–Trinajstić information content (AvgIpc) is 3.18. The Morgan fingerprint density at radius 3 is 2.37 bits per heavy atom. The number of aliphatic hydroxyl groups excluding tert-OH is 1. The summed E-state index contributed by atoms with van der Waals surface area (Å²) in [6.45, 7) is 4.53. The van der Waals surface area contributed by atoms with Gasteiger partial charge in [0, 0.05) is 17.8 Å². The summed E-state index contributed by atoms with van der Waals surface area (Å²) in [4.78, 5) is 39.1. The van der Waals surface area contributed by atoms with Crippen LogP contribution in [0.4, 0.5) is 17.1 Å². The average molecular weight is 515 g/mol. The summed E-state index contributed by atoms with van der Waals surface area (Å²) in [6, 6.07) is 13.2. The van der Waals surface area contributed by atoms with Crippen molar-refractivity contribution < 1.29 is 19.6 Å². The van der Waals surface area contributed by atoms with Gasteiger partial charge in [0.1, 0.15) is 6.04 Å². The number of hydrogen-bond acceptors (Lipinski definition) is 7. The number of allylic oxidation sites excluding steroid dienone is 1. The summed E-state index contributed by atoms with van der Waals surface area (Å²) in [6.07, 6.45) is 6.76. The van der Waals surface area contributed by atoms with E-state index < -0.39 is 29.0 Å². The molecule has 0 radical (unpaired) electrons. The summed E-state index contributed by atoms with van der Waals surface area (Å²) >= 11 is 0. The lowest BCUT2D eigenvalue weighted by molar-refractivity contribution is -0.384. The van der Waals surface area contributed by atoms with Gasteiger partial charge in [-0.15, -0.1) is 0 Å². The number of nitro groups is 1. The molecule has 2 bridgehead atoms. The van der Waals surface area contributed by atoms with Crippen molar-refractivity contribution in [3.8, 4) is 0 Å². The van der Waals surface area contributed by atoms with Gasteiger partial charge in [0.05, 0.1) is 28.7 Å². The minimum atomic E-state index is -0.891. The lowest BCUT2D eigenvalue weighted by Crippen LogP contribution is -2.58. The first kappa shape index (κ1) is 24.5. The van der Waals surface area contributed by atoms with Crippen molar-refractivity contribution in [2.75, 3.05) is 10.3 Å². The van der Waals surface area contributed by atoms with Crippen LogP contribution in [0.5, 0.6) is 0 Å². The maximum absolute atomic E-state index is 13.8. The topological polar surface area (TPSA) is 116 Å². The number of para-hydroxylation sites is 1. The number of hydrogen-bond donors (Lipinski definition) is 2. The molecule has 2 amide bonds. The van der Waals surface area contributed by atoms with Crippen molar-refractivity contribution in [3.05, 3.63) is 88.5 Å². The standard InChI is InChI=1S/C29H30N4O5/c1-29(2)18-14-17(15-19(29)16-18)26(34)24-13-12-23-25(28(36)31(27(23)35)21-6-4-3-5-7-21)32(24)30-20-8-10-22(11-9-20)33(37)38/h3-14,18-19,23-26,30,34H,15-16H2,1-2H3/t18-,19-,23?,24?,25?,26?/m1/s1. The maximum Gasteiger partial charge on any atom is 0.269 e. The predicted octanol–water partition coefficient (Wildman–Crippen LogP) is 4.07. The van der Waals surface area contributed by atoms with Gasteiger partial charge in [-0.25, -0.2) is 9.91 Å². The lowest BCUT2D eigenvalue weighted by Gasteiger charge is -2.56. The molecule has 4 unspecified atom stereocenters. The number of anilines is 2. The maximum atomic E-state index is 13.8. The minimum Gasteiger partial charge on any atom is -0.387 e. The van der Waals surface area contributed by atoms with Crippen molar-refractivity contribution in [2.45, 2.75) is 44.9 Å². The van der Waals surface area contributed by atoms with Gasteiger partial charge in [-0.3, -0.25) is 19.7 Å². The molecule has 2 heterocycles. The van der Waals surface area contributed by atoms with Crippen molar-refractivity contribution in [2.24, 2.45) is 23.2 Å². The third-order valence-corrected chi connectivity index (χ3v) is 8.95. The SMILES string of the molecule is CC1(C)[C@@H]2CC(C(O)C3C=CC4C(=O)N(c5ccccc5)C(=O)C4N3Nc3ccc([N+](=O)[O-])cc3)=C[C@@H]1C2. The zero-order valence-corrected chi connectivity index (χ0v) is 21.2. The van der Waals surface area contributed by atoms with Gasteiger partial charge in [0.25, 0.3) is 11.6 Å². The Balaban J connectivity index is 1.36. The fourth-order valence-corrected chi connectivity index (χ4v) is 6.44. The van der Waals surface area contributed by atoms with Crippen molar-refractivity contribution in [1.29, 1.82) is 0 Å². The quantitative estimate of drug-likeness (QED) is 0.258. The summed E-state index contributed by atoms with van der Waals surface area (Å²) in [5, 5.41) is 24.4. The molecule has 5 aliphatic rings. The Hall–Kier alpha value is -3.82. The van der Waals surface area contributed by atoms with E-state index in [0.717, 1.165) is 18.4 Å². The van der Waals surface area contributed by atoms with Crippen LogP contribution in [0.1, 0.15) is 26.7 Å². The van der Waals surface area contributed by atoms with Crippen molar-refractivity contribution in [3.63, 3.8) is 0 Å². The highest BCUT2D eigenvalue weighted by Crippen LogP contribution is 2.58. The Morgan fingerprint density at radius 1 is 1.05 bits per heavy atom. The lowest BCUT2D eigenvalue weighted by atomic mass is 9.49. The van der Waals surface area contributed by atoms with E-state index in [-0.39, 0.29) is 22.9 Å². The van der Waals surface area contributed by atoms with Gasteiger partial charge in [-0.2, -0.15) is 0 Å². The highest BCUT2D eigenvalue weighted by Gasteiger charge is 2.55.